The molecule has 2 heterocycles. The van der Waals surface area contributed by atoms with Gasteiger partial charge in [-0.15, -0.1) is 0 Å². The molecular weight excluding hydrogens is 198 g/mol. The summed E-state index contributed by atoms with van der Waals surface area (Å²) in [5, 5.41) is 2.08. The largest absolute Gasteiger partial charge is 0.331 e. The Balaban J connectivity index is 1.90. The van der Waals surface area contributed by atoms with Crippen LogP contribution in [0.15, 0.2) is 0 Å². The predicted molar refractivity (Wildman–Crippen MR) is 50.9 cm³/mol. The fourth-order valence-corrected chi connectivity index (χ4v) is 1.86. The quantitative estimate of drug-likeness (QED) is 0.605. The molecule has 0 bridgehead atoms. The number of rotatable bonds is 2. The zero-order valence-electron chi connectivity index (χ0n) is 8.36. The highest BCUT2D eigenvalue weighted by Gasteiger charge is 2.32. The number of carbonyl (C=O) groups excluding carboxylic acids is 3. The van der Waals surface area contributed by atoms with Gasteiger partial charge in [0.2, 0.25) is 11.8 Å². The minimum absolute atomic E-state index is 0.133. The van der Waals surface area contributed by atoms with Crippen molar-refractivity contribution in [2.75, 3.05) is 26.2 Å². The second-order valence-corrected chi connectivity index (χ2v) is 3.82. The van der Waals surface area contributed by atoms with Crippen LogP contribution in [0.25, 0.3) is 0 Å². The molecule has 0 aromatic rings. The van der Waals surface area contributed by atoms with E-state index in [1.807, 2.05) is 4.90 Å². The number of nitrogens with one attached hydrogen (secondary N) is 1. The zero-order chi connectivity index (χ0) is 10.8. The number of likely N-dealkylation sites (tertiary alicyclic amines) is 1. The van der Waals surface area contributed by atoms with Crippen LogP contribution in [0, 0.1) is 0 Å². The van der Waals surface area contributed by atoms with E-state index in [4.69, 9.17) is 0 Å². The van der Waals surface area contributed by atoms with Crippen molar-refractivity contribution in [2.45, 2.75) is 12.8 Å². The smallest absolute Gasteiger partial charge is 0.294 e. The third-order valence-corrected chi connectivity index (χ3v) is 2.65. The summed E-state index contributed by atoms with van der Waals surface area (Å²) in [6.07, 6.45) is 2.19. The van der Waals surface area contributed by atoms with Gasteiger partial charge in [-0.25, -0.2) is 4.79 Å². The van der Waals surface area contributed by atoms with Crippen LogP contribution in [-0.4, -0.2) is 53.8 Å². The van der Waals surface area contributed by atoms with Gasteiger partial charge in [0.05, 0.1) is 6.54 Å². The maximum absolute atomic E-state index is 11.6. The lowest BCUT2D eigenvalue weighted by Gasteiger charge is -2.17. The molecule has 0 aromatic carbocycles. The lowest BCUT2D eigenvalue weighted by molar-refractivity contribution is -0.130. The van der Waals surface area contributed by atoms with Gasteiger partial charge in [0.25, 0.3) is 0 Å². The van der Waals surface area contributed by atoms with E-state index in [1.54, 1.807) is 0 Å². The molecule has 15 heavy (non-hydrogen) atoms. The third-order valence-electron chi connectivity index (χ3n) is 2.65. The average Bonchev–Trinajstić information content (AvgIpc) is 2.75. The summed E-state index contributed by atoms with van der Waals surface area (Å²) in [4.78, 5) is 36.6. The van der Waals surface area contributed by atoms with E-state index >= 15 is 0 Å². The zero-order valence-corrected chi connectivity index (χ0v) is 8.36. The van der Waals surface area contributed by atoms with Crippen LogP contribution in [0.4, 0.5) is 4.79 Å². The molecule has 0 radical (unpaired) electrons. The minimum Gasteiger partial charge on any atom is -0.294 e. The van der Waals surface area contributed by atoms with Crippen LogP contribution < -0.4 is 5.32 Å². The van der Waals surface area contributed by atoms with Crippen molar-refractivity contribution in [3.05, 3.63) is 0 Å². The van der Waals surface area contributed by atoms with Crippen molar-refractivity contribution in [3.63, 3.8) is 0 Å². The van der Waals surface area contributed by atoms with Crippen LogP contribution in [0.1, 0.15) is 12.8 Å². The molecule has 2 aliphatic heterocycles. The molecule has 2 saturated heterocycles. The number of hydrogen-bond donors (Lipinski definition) is 1. The van der Waals surface area contributed by atoms with Crippen LogP contribution in [0.2, 0.25) is 0 Å². The summed E-state index contributed by atoms with van der Waals surface area (Å²) in [5.74, 6) is -0.699. The van der Waals surface area contributed by atoms with Crippen LogP contribution in [0.3, 0.4) is 0 Å². The molecule has 2 fully saturated rings. The first-order valence-electron chi connectivity index (χ1n) is 5.03. The molecule has 0 aromatic heterocycles. The lowest BCUT2D eigenvalue weighted by Crippen LogP contribution is -2.41. The third kappa shape index (κ3) is 2.15. The average molecular weight is 211 g/mol. The van der Waals surface area contributed by atoms with Gasteiger partial charge in [-0.2, -0.15) is 0 Å². The van der Waals surface area contributed by atoms with E-state index < -0.39 is 11.9 Å². The van der Waals surface area contributed by atoms with Gasteiger partial charge in [0.1, 0.15) is 6.54 Å². The molecule has 0 saturated carbocycles. The van der Waals surface area contributed by atoms with E-state index in [0.29, 0.717) is 0 Å². The monoisotopic (exact) mass is 211 g/mol. The van der Waals surface area contributed by atoms with Crippen molar-refractivity contribution < 1.29 is 14.4 Å². The van der Waals surface area contributed by atoms with Crippen LogP contribution in [-0.2, 0) is 9.59 Å². The molecule has 1 N–H and O–H groups in total. The summed E-state index contributed by atoms with van der Waals surface area (Å²) in [5.41, 5.74) is 0. The highest BCUT2D eigenvalue weighted by molar-refractivity contribution is 6.10. The molecule has 0 spiro atoms. The molecule has 2 rings (SSSR count). The minimum atomic E-state index is -0.593. The molecule has 6 heteroatoms. The van der Waals surface area contributed by atoms with Gasteiger partial charge < -0.3 is 0 Å². The van der Waals surface area contributed by atoms with Gasteiger partial charge >= 0.3 is 6.03 Å². The van der Waals surface area contributed by atoms with Crippen molar-refractivity contribution in [3.8, 4) is 0 Å². The van der Waals surface area contributed by atoms with Crippen LogP contribution in [0.5, 0.6) is 0 Å². The first-order valence-corrected chi connectivity index (χ1v) is 5.03. The number of amides is 4. The predicted octanol–water partition coefficient (Wildman–Crippen LogP) is -0.839. The highest BCUT2D eigenvalue weighted by Crippen LogP contribution is 2.08. The van der Waals surface area contributed by atoms with Gasteiger partial charge in [-0.1, -0.05) is 0 Å². The Morgan fingerprint density at radius 3 is 2.47 bits per heavy atom. The lowest BCUT2D eigenvalue weighted by atomic mass is 10.4. The summed E-state index contributed by atoms with van der Waals surface area (Å²) < 4.78 is 0. The first kappa shape index (κ1) is 10.1. The number of carbonyl (C=O) groups is 3. The van der Waals surface area contributed by atoms with Gasteiger partial charge in [-0.05, 0) is 25.9 Å². The maximum atomic E-state index is 11.6. The molecule has 82 valence electrons. The Morgan fingerprint density at radius 2 is 1.93 bits per heavy atom. The summed E-state index contributed by atoms with van der Waals surface area (Å²) in [7, 11) is 0. The highest BCUT2D eigenvalue weighted by atomic mass is 16.2. The fourth-order valence-electron chi connectivity index (χ4n) is 1.86. The number of urea groups is 1. The molecule has 0 atom stereocenters. The second kappa shape index (κ2) is 3.98. The Bertz CT molecular complexity index is 310. The standard InChI is InChI=1S/C9H13N3O3/c13-7-5-12(9(15)10-7)8(14)6-11-3-1-2-4-11/h1-6H2,(H,10,13,15). The fraction of sp³-hybridized carbons (Fsp3) is 0.667. The molecule has 0 unspecified atom stereocenters. The Kier molecular flexibility index (Phi) is 2.68. The van der Waals surface area contributed by atoms with E-state index in [9.17, 15) is 14.4 Å². The Morgan fingerprint density at radius 1 is 1.27 bits per heavy atom. The van der Waals surface area contributed by atoms with Crippen LogP contribution >= 0.6 is 0 Å². The van der Waals surface area contributed by atoms with E-state index in [-0.39, 0.29) is 19.0 Å². The van der Waals surface area contributed by atoms with E-state index in [1.165, 1.54) is 0 Å². The second-order valence-electron chi connectivity index (χ2n) is 3.82. The number of hydrogen-bond acceptors (Lipinski definition) is 4. The van der Waals surface area contributed by atoms with Gasteiger partial charge in [0, 0.05) is 0 Å². The molecule has 0 aliphatic carbocycles. The van der Waals surface area contributed by atoms with Gasteiger partial charge in [-0.3, -0.25) is 24.7 Å². The van der Waals surface area contributed by atoms with E-state index in [0.717, 1.165) is 30.8 Å². The molecule has 2 aliphatic rings. The van der Waals surface area contributed by atoms with Crippen molar-refractivity contribution in [1.82, 2.24) is 15.1 Å². The summed E-state index contributed by atoms with van der Waals surface area (Å²) >= 11 is 0. The Hall–Kier alpha value is -1.43. The first-order chi connectivity index (χ1) is 7.16. The topological polar surface area (TPSA) is 69.7 Å². The number of nitrogens with zero attached hydrogens (tertiary/aromatic N) is 2. The molecule has 6 nitrogen and oxygen atoms in total. The maximum Gasteiger partial charge on any atom is 0.331 e. The van der Waals surface area contributed by atoms with Crippen molar-refractivity contribution in [2.24, 2.45) is 0 Å². The van der Waals surface area contributed by atoms with E-state index in [2.05, 4.69) is 5.32 Å². The number of imide groups is 2. The van der Waals surface area contributed by atoms with Gasteiger partial charge in [0.15, 0.2) is 0 Å². The SMILES string of the molecule is O=C1CN(C(=O)CN2CCCC2)C(=O)N1. The normalized spacial score (nSPS) is 22.3. The van der Waals surface area contributed by atoms with Crippen molar-refractivity contribution in [1.29, 1.82) is 0 Å². The summed E-state index contributed by atoms with van der Waals surface area (Å²) in [6, 6.07) is -0.593. The Labute approximate surface area is 87.2 Å². The van der Waals surface area contributed by atoms with Crippen molar-refractivity contribution >= 4 is 17.8 Å². The molecule has 4 amide bonds. The molecular formula is C9H13N3O3. The summed E-state index contributed by atoms with van der Waals surface area (Å²) in [6.45, 7) is 1.90.